The Morgan fingerprint density at radius 3 is 2.45 bits per heavy atom. The number of halogens is 3. The van der Waals surface area contributed by atoms with Gasteiger partial charge in [-0.3, -0.25) is 4.72 Å². The fourth-order valence-corrected chi connectivity index (χ4v) is 4.80. The fourth-order valence-electron chi connectivity index (χ4n) is 3.41. The van der Waals surface area contributed by atoms with E-state index in [9.17, 15) is 13.2 Å². The summed E-state index contributed by atoms with van der Waals surface area (Å²) < 4.78 is 28.3. The van der Waals surface area contributed by atoms with Crippen LogP contribution in [0.1, 0.15) is 29.5 Å². The number of fused-ring (bicyclic) bond motifs is 1. The van der Waals surface area contributed by atoms with Gasteiger partial charge in [0.15, 0.2) is 0 Å². The predicted molar refractivity (Wildman–Crippen MR) is 136 cm³/mol. The summed E-state index contributed by atoms with van der Waals surface area (Å²) in [6.07, 6.45) is 0. The van der Waals surface area contributed by atoms with Gasteiger partial charge in [-0.1, -0.05) is 57.9 Å². The molecule has 1 aliphatic heterocycles. The Hall–Kier alpha value is -1.27. The molecule has 7 nitrogen and oxygen atoms in total. The molecule has 1 unspecified atom stereocenters. The molecular formula is C20H25Cl2IN4O3S. The number of rotatable bonds is 5. The second kappa shape index (κ2) is 11.6. The number of carbonyl (C=O) groups is 1. The molecule has 0 saturated carbocycles. The van der Waals surface area contributed by atoms with Crippen LogP contribution >= 0.6 is 45.8 Å². The van der Waals surface area contributed by atoms with E-state index in [2.05, 4.69) is 37.5 Å². The molecule has 0 fully saturated rings. The summed E-state index contributed by atoms with van der Waals surface area (Å²) in [5, 5.41) is 3.60. The Labute approximate surface area is 207 Å². The maximum atomic E-state index is 12.0. The zero-order chi connectivity index (χ0) is 23.2. The van der Waals surface area contributed by atoms with E-state index in [0.29, 0.717) is 22.3 Å². The largest absolute Gasteiger partial charge is 0.338 e. The molecule has 0 saturated heterocycles. The molecule has 0 spiro atoms. The first kappa shape index (κ1) is 26.0. The minimum Gasteiger partial charge on any atom is -0.338 e. The van der Waals surface area contributed by atoms with Crippen molar-refractivity contribution in [1.29, 1.82) is 0 Å². The number of nitrogens with one attached hydrogen (secondary N) is 3. The molecular weight excluding hydrogens is 574 g/mol. The Bertz CT molecular complexity index is 1020. The van der Waals surface area contributed by atoms with Crippen LogP contribution in [0.25, 0.3) is 0 Å². The van der Waals surface area contributed by atoms with Crippen molar-refractivity contribution in [2.75, 3.05) is 29.8 Å². The Morgan fingerprint density at radius 2 is 1.84 bits per heavy atom. The van der Waals surface area contributed by atoms with Crippen LogP contribution in [0, 0.1) is 0 Å². The van der Waals surface area contributed by atoms with E-state index in [0.717, 1.165) is 29.8 Å². The van der Waals surface area contributed by atoms with E-state index in [1.54, 1.807) is 25.1 Å². The van der Waals surface area contributed by atoms with Crippen molar-refractivity contribution in [2.45, 2.75) is 19.4 Å². The van der Waals surface area contributed by atoms with Gasteiger partial charge >= 0.3 is 16.2 Å². The molecule has 0 aliphatic carbocycles. The van der Waals surface area contributed by atoms with E-state index < -0.39 is 16.2 Å². The molecule has 0 radical (unpaired) electrons. The van der Waals surface area contributed by atoms with Crippen molar-refractivity contribution in [3.8, 4) is 0 Å². The van der Waals surface area contributed by atoms with Crippen molar-refractivity contribution < 1.29 is 13.2 Å². The molecule has 3 N–H and O–H groups in total. The predicted octanol–water partition coefficient (Wildman–Crippen LogP) is 4.60. The SMILES string of the molecule is CCNC(=O)NS(=O)(=O)Nc1ccc(C2CN(C)Cc3c(Cl)cc(Cl)cc32)cc1.CI. The van der Waals surface area contributed by atoms with Crippen molar-refractivity contribution in [1.82, 2.24) is 14.9 Å². The Morgan fingerprint density at radius 1 is 1.19 bits per heavy atom. The zero-order valence-electron chi connectivity index (χ0n) is 17.4. The second-order valence-electron chi connectivity index (χ2n) is 6.89. The van der Waals surface area contributed by atoms with Gasteiger partial charge in [-0.2, -0.15) is 8.42 Å². The fraction of sp³-hybridized carbons (Fsp3) is 0.350. The van der Waals surface area contributed by atoms with Gasteiger partial charge in [0, 0.05) is 35.6 Å². The lowest BCUT2D eigenvalue weighted by atomic mass is 9.85. The standard InChI is InChI=1S/C19H22Cl2N4O3S.CH3I/c1-3-22-19(26)24-29(27,28)23-14-6-4-12(5-7-14)16-10-25(2)11-17-15(16)8-13(20)9-18(17)21;1-2/h4-9,16,23H,3,10-11H2,1-2H3,(H2,22,24,26);1H3. The van der Waals surface area contributed by atoms with Crippen LogP contribution < -0.4 is 14.8 Å². The first-order chi connectivity index (χ1) is 14.7. The lowest BCUT2D eigenvalue weighted by molar-refractivity contribution is 0.246. The van der Waals surface area contributed by atoms with Crippen LogP contribution in [0.3, 0.4) is 0 Å². The number of amides is 2. The summed E-state index contributed by atoms with van der Waals surface area (Å²) in [6.45, 7) is 3.54. The lowest BCUT2D eigenvalue weighted by Gasteiger charge is -2.33. The molecule has 0 bridgehead atoms. The number of carbonyl (C=O) groups excluding carboxylic acids is 1. The molecule has 170 valence electrons. The smallest absolute Gasteiger partial charge is 0.329 e. The van der Waals surface area contributed by atoms with Crippen LogP contribution in [0.15, 0.2) is 36.4 Å². The Kier molecular flexibility index (Phi) is 9.68. The van der Waals surface area contributed by atoms with Crippen molar-refractivity contribution >= 4 is 67.7 Å². The van der Waals surface area contributed by atoms with Gasteiger partial charge in [-0.05, 0) is 59.9 Å². The van der Waals surface area contributed by atoms with Crippen molar-refractivity contribution in [3.05, 3.63) is 63.1 Å². The first-order valence-corrected chi connectivity index (χ1v) is 13.8. The lowest BCUT2D eigenvalue weighted by Crippen LogP contribution is -2.42. The van der Waals surface area contributed by atoms with Gasteiger partial charge in [-0.25, -0.2) is 9.52 Å². The van der Waals surface area contributed by atoms with Crippen LogP contribution in [0.5, 0.6) is 0 Å². The summed E-state index contributed by atoms with van der Waals surface area (Å²) in [6, 6.07) is 9.93. The Balaban J connectivity index is 0.00000166. The monoisotopic (exact) mass is 598 g/mol. The van der Waals surface area contributed by atoms with Gasteiger partial charge in [0.05, 0.1) is 5.69 Å². The van der Waals surface area contributed by atoms with Gasteiger partial charge in [0.25, 0.3) is 0 Å². The molecule has 1 atom stereocenters. The summed E-state index contributed by atoms with van der Waals surface area (Å²) in [5.74, 6) is 0.0547. The number of likely N-dealkylation sites (N-methyl/N-ethyl adjacent to an activating group) is 1. The van der Waals surface area contributed by atoms with Gasteiger partial charge < -0.3 is 10.2 Å². The number of anilines is 1. The summed E-state index contributed by atoms with van der Waals surface area (Å²) in [7, 11) is -1.99. The van der Waals surface area contributed by atoms with E-state index in [-0.39, 0.29) is 5.92 Å². The summed E-state index contributed by atoms with van der Waals surface area (Å²) in [4.78, 5) is 15.6. The molecule has 0 aromatic heterocycles. The molecule has 31 heavy (non-hydrogen) atoms. The van der Waals surface area contributed by atoms with E-state index in [4.69, 9.17) is 23.2 Å². The highest BCUT2D eigenvalue weighted by molar-refractivity contribution is 14.1. The number of benzene rings is 2. The summed E-state index contributed by atoms with van der Waals surface area (Å²) in [5.41, 5.74) is 3.48. The highest BCUT2D eigenvalue weighted by Gasteiger charge is 2.27. The third-order valence-electron chi connectivity index (χ3n) is 4.62. The number of nitrogens with zero attached hydrogens (tertiary/aromatic N) is 1. The average molecular weight is 599 g/mol. The number of alkyl halides is 1. The third kappa shape index (κ3) is 7.11. The van der Waals surface area contributed by atoms with Crippen LogP contribution in [-0.4, -0.2) is 44.4 Å². The molecule has 2 aromatic rings. The third-order valence-corrected chi connectivity index (χ3v) is 6.14. The minimum absolute atomic E-state index is 0.0547. The molecule has 2 amide bonds. The maximum Gasteiger partial charge on any atom is 0.329 e. The number of hydrogen-bond donors (Lipinski definition) is 3. The maximum absolute atomic E-state index is 12.0. The highest BCUT2D eigenvalue weighted by atomic mass is 127. The summed E-state index contributed by atoms with van der Waals surface area (Å²) >= 11 is 14.8. The van der Waals surface area contributed by atoms with E-state index >= 15 is 0 Å². The number of hydrogen-bond acceptors (Lipinski definition) is 4. The van der Waals surface area contributed by atoms with Gasteiger partial charge in [-0.15, -0.1) is 0 Å². The zero-order valence-corrected chi connectivity index (χ0v) is 21.9. The van der Waals surface area contributed by atoms with Crippen molar-refractivity contribution in [2.24, 2.45) is 0 Å². The topological polar surface area (TPSA) is 90.5 Å². The molecule has 1 heterocycles. The highest BCUT2D eigenvalue weighted by Crippen LogP contribution is 2.38. The van der Waals surface area contributed by atoms with E-state index in [1.165, 1.54) is 0 Å². The number of urea groups is 1. The van der Waals surface area contributed by atoms with E-state index in [1.807, 2.05) is 34.9 Å². The molecule has 2 aromatic carbocycles. The van der Waals surface area contributed by atoms with Crippen molar-refractivity contribution in [3.63, 3.8) is 0 Å². The normalized spacial score (nSPS) is 15.9. The average Bonchev–Trinajstić information content (AvgIpc) is 2.70. The first-order valence-electron chi connectivity index (χ1n) is 9.41. The minimum atomic E-state index is -4.02. The van der Waals surface area contributed by atoms with Gasteiger partial charge in [0.1, 0.15) is 0 Å². The molecule has 1 aliphatic rings. The van der Waals surface area contributed by atoms with Crippen LogP contribution in [-0.2, 0) is 16.8 Å². The molecule has 11 heteroatoms. The second-order valence-corrected chi connectivity index (χ2v) is 9.15. The molecule has 3 rings (SSSR count). The van der Waals surface area contributed by atoms with Crippen LogP contribution in [0.4, 0.5) is 10.5 Å². The van der Waals surface area contributed by atoms with Gasteiger partial charge in [0.2, 0.25) is 0 Å². The van der Waals surface area contributed by atoms with Crippen LogP contribution in [0.2, 0.25) is 10.0 Å². The quantitative estimate of drug-likeness (QED) is 0.347.